The summed E-state index contributed by atoms with van der Waals surface area (Å²) in [4.78, 5) is 104. The molecule has 6 amide bonds. The minimum Gasteiger partial charge on any atom is -0.489 e. The van der Waals surface area contributed by atoms with Crippen LogP contribution in [0.1, 0.15) is 181 Å². The number of hydrogen-bond acceptors (Lipinski definition) is 17. The number of imide groups is 3. The molecule has 0 atom stereocenters. The lowest BCUT2D eigenvalue weighted by Crippen LogP contribution is -2.52. The molecule has 15 rings (SSSR count). The minimum atomic E-state index is -0.606. The van der Waals surface area contributed by atoms with Crippen LogP contribution in [0.2, 0.25) is 0 Å². The molecule has 0 N–H and O–H groups in total. The second kappa shape index (κ2) is 31.0. The molecule has 3 saturated carbocycles. The molecule has 3 saturated heterocycles. The number of carbonyl (C=O) groups is 6. The van der Waals surface area contributed by atoms with E-state index in [-0.39, 0.29) is 77.1 Å². The van der Waals surface area contributed by atoms with E-state index in [0.29, 0.717) is 40.5 Å². The summed E-state index contributed by atoms with van der Waals surface area (Å²) in [5.74, 6) is 0.677. The Morgan fingerprint density at radius 2 is 0.700 bits per heavy atom. The van der Waals surface area contributed by atoms with Gasteiger partial charge in [-0.25, -0.2) is 4.39 Å². The average Bonchev–Trinajstić information content (AvgIpc) is 1.61. The van der Waals surface area contributed by atoms with Crippen molar-refractivity contribution in [3.63, 3.8) is 0 Å². The fourth-order valence-electron chi connectivity index (χ4n) is 16.7. The first kappa shape index (κ1) is 69.7. The molecule has 2 aromatic heterocycles. The van der Waals surface area contributed by atoms with Crippen LogP contribution in [0.25, 0.3) is 0 Å². The Morgan fingerprint density at radius 1 is 0.350 bits per heavy atom. The van der Waals surface area contributed by atoms with Crippen molar-refractivity contribution in [3.05, 3.63) is 167 Å². The molecule has 0 spiro atoms. The van der Waals surface area contributed by atoms with Crippen molar-refractivity contribution in [2.45, 2.75) is 173 Å². The van der Waals surface area contributed by atoms with E-state index in [4.69, 9.17) is 14.2 Å². The van der Waals surface area contributed by atoms with Gasteiger partial charge in [-0.3, -0.25) is 68.1 Å². The highest BCUT2D eigenvalue weighted by atomic mass is 19.1. The summed E-state index contributed by atoms with van der Waals surface area (Å²) in [5.41, 5.74) is 5.33. The molecular formula is C79H96FN11O9. The van der Waals surface area contributed by atoms with Gasteiger partial charge in [-0.2, -0.15) is 0 Å². The molecular weight excluding hydrogens is 1270 g/mol. The average molecular weight is 1360 g/mol. The highest BCUT2D eigenvalue weighted by Gasteiger charge is 2.46. The molecule has 20 nitrogen and oxygen atoms in total. The van der Waals surface area contributed by atoms with E-state index >= 15 is 0 Å². The van der Waals surface area contributed by atoms with Crippen molar-refractivity contribution in [2.75, 3.05) is 93.2 Å². The van der Waals surface area contributed by atoms with Crippen LogP contribution in [-0.4, -0.2) is 208 Å². The van der Waals surface area contributed by atoms with Crippen LogP contribution in [0.3, 0.4) is 0 Å². The summed E-state index contributed by atoms with van der Waals surface area (Å²) in [6.45, 7) is 24.1. The van der Waals surface area contributed by atoms with E-state index in [2.05, 4.69) is 116 Å². The van der Waals surface area contributed by atoms with E-state index in [9.17, 15) is 33.2 Å². The van der Waals surface area contributed by atoms with Crippen molar-refractivity contribution in [1.82, 2.24) is 39.4 Å². The highest BCUT2D eigenvalue weighted by Crippen LogP contribution is 2.40. The minimum absolute atomic E-state index is 0.00463. The molecule has 3 aliphatic carbocycles. The van der Waals surface area contributed by atoms with Crippen LogP contribution in [0.5, 0.6) is 17.2 Å². The number of hydrogen-bond donors (Lipinski definition) is 0. The first-order valence-electron chi connectivity index (χ1n) is 36.5. The Bertz CT molecular complexity index is 3680. The number of fused-ring (bicyclic) bond motifs is 3. The van der Waals surface area contributed by atoms with E-state index in [1.807, 2.05) is 38.1 Å². The Balaban J connectivity index is 0.000000134. The summed E-state index contributed by atoms with van der Waals surface area (Å²) in [6.07, 6.45) is 16.1. The van der Waals surface area contributed by atoms with Gasteiger partial charge >= 0.3 is 0 Å². The molecule has 8 heterocycles. The number of para-hydroxylation sites is 6. The molecule has 528 valence electrons. The maximum atomic E-state index is 14.2. The summed E-state index contributed by atoms with van der Waals surface area (Å²) in [7, 11) is 0. The Morgan fingerprint density at radius 3 is 1.09 bits per heavy atom. The number of aromatic nitrogens is 2. The van der Waals surface area contributed by atoms with Crippen molar-refractivity contribution < 1.29 is 47.4 Å². The van der Waals surface area contributed by atoms with E-state index in [1.54, 1.807) is 36.7 Å². The fourth-order valence-corrected chi connectivity index (χ4v) is 16.7. The zero-order chi connectivity index (χ0) is 69.7. The van der Waals surface area contributed by atoms with Crippen molar-refractivity contribution in [2.24, 2.45) is 0 Å². The van der Waals surface area contributed by atoms with Gasteiger partial charge in [0, 0.05) is 133 Å². The number of amides is 6. The van der Waals surface area contributed by atoms with E-state index in [0.717, 1.165) is 179 Å². The van der Waals surface area contributed by atoms with Gasteiger partial charge in [0.2, 0.25) is 0 Å². The first-order valence-corrected chi connectivity index (χ1v) is 36.5. The molecule has 0 bridgehead atoms. The predicted molar refractivity (Wildman–Crippen MR) is 382 cm³/mol. The van der Waals surface area contributed by atoms with Gasteiger partial charge in [0.05, 0.1) is 63.2 Å². The lowest BCUT2D eigenvalue weighted by molar-refractivity contribution is 0.0475. The second-order valence-corrected chi connectivity index (χ2v) is 28.8. The Hall–Kier alpha value is -8.79. The van der Waals surface area contributed by atoms with Crippen LogP contribution >= 0.6 is 0 Å². The molecule has 9 aliphatic rings. The first-order chi connectivity index (χ1) is 48.5. The molecule has 21 heteroatoms. The van der Waals surface area contributed by atoms with Crippen LogP contribution in [0.15, 0.2) is 128 Å². The monoisotopic (exact) mass is 1360 g/mol. The third kappa shape index (κ3) is 14.8. The van der Waals surface area contributed by atoms with Crippen LogP contribution < -0.4 is 28.9 Å². The van der Waals surface area contributed by atoms with Gasteiger partial charge in [0.1, 0.15) is 28.8 Å². The largest absolute Gasteiger partial charge is 0.489 e. The number of piperazine rings is 3. The quantitative estimate of drug-likeness (QED) is 0.0883. The number of halogens is 1. The number of carbonyl (C=O) groups excluding carboxylic acids is 6. The molecule has 0 radical (unpaired) electrons. The Labute approximate surface area is 587 Å². The van der Waals surface area contributed by atoms with Crippen molar-refractivity contribution in [3.8, 4) is 17.2 Å². The standard InChI is InChI=1S/C27H32FN3O3.2C26H32N4O3/c1-18(2)34-24-9-4-3-8-23(24)30-16-14-29(15-17-30)19-10-12-20(13-11-19)31-26(32)21-6-5-7-22(28)25(21)27(31)33;1-18(2)33-23-8-4-3-7-22(23)29-16-14-28(15-17-29)19-9-11-20(12-10-19)30-25(31)21-6-5-13-27-24(21)26(30)32;1-18(2)33-24-6-4-3-5-23(24)29-15-13-28(14-16-29)19-7-9-20(10-8-19)30-25(31)21-11-12-27-17-22(21)26(30)32/h3-9,18-20H,10-17H2,1-2H3;3-8,13,18-20H,9-12,14-17H2,1-2H3;3-6,11-12,17-20H,7-10,13-16H2,1-2H3. The van der Waals surface area contributed by atoms with E-state index < -0.39 is 11.7 Å². The maximum absolute atomic E-state index is 14.2. The summed E-state index contributed by atoms with van der Waals surface area (Å²) < 4.78 is 32.2. The number of anilines is 3. The molecule has 6 fully saturated rings. The van der Waals surface area contributed by atoms with Gasteiger partial charge in [0.15, 0.2) is 0 Å². The summed E-state index contributed by atoms with van der Waals surface area (Å²) in [5, 5.41) is 0. The van der Waals surface area contributed by atoms with Crippen molar-refractivity contribution in [1.29, 1.82) is 0 Å². The van der Waals surface area contributed by atoms with Crippen LogP contribution in [0.4, 0.5) is 21.5 Å². The molecule has 0 unspecified atom stereocenters. The second-order valence-electron chi connectivity index (χ2n) is 28.8. The number of ether oxygens (including phenoxy) is 3. The van der Waals surface area contributed by atoms with E-state index in [1.165, 1.54) is 44.4 Å². The third-order valence-electron chi connectivity index (χ3n) is 21.6. The van der Waals surface area contributed by atoms with Crippen LogP contribution in [0, 0.1) is 5.82 Å². The Kier molecular flexibility index (Phi) is 21.6. The van der Waals surface area contributed by atoms with Gasteiger partial charge in [-0.05, 0) is 185 Å². The van der Waals surface area contributed by atoms with Gasteiger partial charge < -0.3 is 28.9 Å². The van der Waals surface area contributed by atoms with Crippen LogP contribution in [-0.2, 0) is 0 Å². The summed E-state index contributed by atoms with van der Waals surface area (Å²) in [6, 6.07) is 35.5. The zero-order valence-corrected chi connectivity index (χ0v) is 58.8. The number of benzene rings is 4. The SMILES string of the molecule is CC(C)Oc1ccccc1N1CCN(C2CCC(N3C(=O)c4cccc(F)c4C3=O)CC2)CC1.CC(C)Oc1ccccc1N1CCN(C2CCC(N3C(=O)c4cccnc4C3=O)CC2)CC1.CC(C)Oc1ccccc1N1CCN(C2CCC(N3C(=O)c4ccncc4C3=O)CC2)CC1. The lowest BCUT2D eigenvalue weighted by Gasteiger charge is -2.43. The van der Waals surface area contributed by atoms with Gasteiger partial charge in [-0.1, -0.05) is 42.5 Å². The lowest BCUT2D eigenvalue weighted by atomic mass is 9.89. The fraction of sp³-hybridized carbons (Fsp3) is 0.494. The molecule has 6 aromatic rings. The van der Waals surface area contributed by atoms with Gasteiger partial charge in [-0.15, -0.1) is 0 Å². The highest BCUT2D eigenvalue weighted by molar-refractivity contribution is 6.22. The summed E-state index contributed by atoms with van der Waals surface area (Å²) >= 11 is 0. The number of rotatable bonds is 15. The normalized spacial score (nSPS) is 23.7. The van der Waals surface area contributed by atoms with Gasteiger partial charge in [0.25, 0.3) is 35.4 Å². The molecule has 4 aromatic carbocycles. The van der Waals surface area contributed by atoms with Crippen molar-refractivity contribution >= 4 is 52.5 Å². The maximum Gasteiger partial charge on any atom is 0.280 e. The number of pyridine rings is 2. The molecule has 100 heavy (non-hydrogen) atoms. The molecule has 6 aliphatic heterocycles. The predicted octanol–water partition coefficient (Wildman–Crippen LogP) is 11.5. The zero-order valence-electron chi connectivity index (χ0n) is 58.8. The third-order valence-corrected chi connectivity index (χ3v) is 21.6. The number of nitrogens with zero attached hydrogens (tertiary/aromatic N) is 11. The smallest absolute Gasteiger partial charge is 0.280 e. The topological polar surface area (TPSA) is 185 Å².